The predicted molar refractivity (Wildman–Crippen MR) is 113 cm³/mol. The zero-order chi connectivity index (χ0) is 21.1. The van der Waals surface area contributed by atoms with Gasteiger partial charge in [-0.15, -0.1) is 0 Å². The molecule has 1 atom stereocenters. The largest absolute Gasteiger partial charge is 0.355 e. The molecule has 0 aliphatic carbocycles. The van der Waals surface area contributed by atoms with Crippen LogP contribution in [0.25, 0.3) is 0 Å². The first-order chi connectivity index (χ1) is 14.5. The van der Waals surface area contributed by atoms with Gasteiger partial charge in [0.1, 0.15) is 11.5 Å². The fourth-order valence-corrected chi connectivity index (χ4v) is 3.78. The van der Waals surface area contributed by atoms with Crippen molar-refractivity contribution in [2.24, 2.45) is 0 Å². The molecule has 3 heterocycles. The van der Waals surface area contributed by atoms with Crippen LogP contribution in [-0.4, -0.2) is 38.8 Å². The number of piperidine rings is 1. The van der Waals surface area contributed by atoms with E-state index in [2.05, 4.69) is 15.3 Å². The van der Waals surface area contributed by atoms with Gasteiger partial charge < -0.3 is 10.2 Å². The highest BCUT2D eigenvalue weighted by Crippen LogP contribution is 2.29. The van der Waals surface area contributed by atoms with Crippen LogP contribution < -0.4 is 5.32 Å². The number of carbonyl (C=O) groups excluding carboxylic acids is 1. The molecule has 1 N–H and O–H groups in total. The highest BCUT2D eigenvalue weighted by molar-refractivity contribution is 5.92. The van der Waals surface area contributed by atoms with Crippen LogP contribution in [0.5, 0.6) is 0 Å². The van der Waals surface area contributed by atoms with Gasteiger partial charge in [-0.3, -0.25) is 14.8 Å². The van der Waals surface area contributed by atoms with E-state index >= 15 is 0 Å². The van der Waals surface area contributed by atoms with Crippen molar-refractivity contribution >= 4 is 17.3 Å². The third kappa shape index (κ3) is 4.62. The molecule has 7 heteroatoms. The number of nitrogens with one attached hydrogen (secondary N) is 1. The van der Waals surface area contributed by atoms with E-state index in [9.17, 15) is 9.18 Å². The maximum Gasteiger partial charge on any atom is 0.274 e. The van der Waals surface area contributed by atoms with Gasteiger partial charge in [0, 0.05) is 48.0 Å². The van der Waals surface area contributed by atoms with E-state index in [4.69, 9.17) is 4.98 Å². The SMILES string of the molecule is Cc1cnc(C(=O)N2CCC[C@@H](c3cc(Nc4cccc(F)c4)cc(C)n3)C2)cn1. The number of aryl methyl sites for hydroxylation is 2. The second-order valence-electron chi connectivity index (χ2n) is 7.69. The fraction of sp³-hybridized carbons (Fsp3) is 0.304. The van der Waals surface area contributed by atoms with E-state index in [0.717, 1.165) is 35.6 Å². The number of pyridine rings is 1. The monoisotopic (exact) mass is 405 g/mol. The van der Waals surface area contributed by atoms with Crippen molar-refractivity contribution in [3.63, 3.8) is 0 Å². The van der Waals surface area contributed by atoms with Crippen molar-refractivity contribution in [2.45, 2.75) is 32.6 Å². The summed E-state index contributed by atoms with van der Waals surface area (Å²) in [6.07, 6.45) is 5.01. The van der Waals surface area contributed by atoms with Gasteiger partial charge in [0.15, 0.2) is 0 Å². The van der Waals surface area contributed by atoms with Gasteiger partial charge in [0.05, 0.1) is 11.9 Å². The number of benzene rings is 1. The van der Waals surface area contributed by atoms with Crippen molar-refractivity contribution in [3.8, 4) is 0 Å². The van der Waals surface area contributed by atoms with Crippen molar-refractivity contribution in [1.82, 2.24) is 19.9 Å². The first-order valence-electron chi connectivity index (χ1n) is 10.1. The first kappa shape index (κ1) is 19.9. The van der Waals surface area contributed by atoms with Gasteiger partial charge in [0.25, 0.3) is 5.91 Å². The Bertz CT molecular complexity index is 1050. The zero-order valence-corrected chi connectivity index (χ0v) is 17.1. The smallest absolute Gasteiger partial charge is 0.274 e. The average Bonchev–Trinajstić information content (AvgIpc) is 2.73. The van der Waals surface area contributed by atoms with Crippen LogP contribution in [0.15, 0.2) is 48.8 Å². The summed E-state index contributed by atoms with van der Waals surface area (Å²) in [7, 11) is 0. The Morgan fingerprint density at radius 1 is 1.10 bits per heavy atom. The number of aromatic nitrogens is 3. The Morgan fingerprint density at radius 2 is 1.97 bits per heavy atom. The maximum absolute atomic E-state index is 13.5. The molecule has 1 amide bonds. The van der Waals surface area contributed by atoms with Crippen LogP contribution in [0.1, 0.15) is 46.3 Å². The summed E-state index contributed by atoms with van der Waals surface area (Å²) in [6.45, 7) is 5.07. The topological polar surface area (TPSA) is 71.0 Å². The summed E-state index contributed by atoms with van der Waals surface area (Å²) >= 11 is 0. The van der Waals surface area contributed by atoms with E-state index in [0.29, 0.717) is 24.5 Å². The van der Waals surface area contributed by atoms with E-state index in [1.165, 1.54) is 18.3 Å². The van der Waals surface area contributed by atoms with Gasteiger partial charge in [-0.05, 0) is 57.0 Å². The first-order valence-corrected chi connectivity index (χ1v) is 10.1. The summed E-state index contributed by atoms with van der Waals surface area (Å²) in [6, 6.07) is 10.3. The Kier molecular flexibility index (Phi) is 5.70. The Labute approximate surface area is 175 Å². The number of carbonyl (C=O) groups is 1. The van der Waals surface area contributed by atoms with E-state index in [-0.39, 0.29) is 17.6 Å². The molecule has 1 saturated heterocycles. The van der Waals surface area contributed by atoms with Gasteiger partial charge in [-0.1, -0.05) is 6.07 Å². The average molecular weight is 405 g/mol. The summed E-state index contributed by atoms with van der Waals surface area (Å²) in [5.41, 5.74) is 4.50. The highest BCUT2D eigenvalue weighted by atomic mass is 19.1. The molecule has 30 heavy (non-hydrogen) atoms. The van der Waals surface area contributed by atoms with Crippen molar-refractivity contribution < 1.29 is 9.18 Å². The maximum atomic E-state index is 13.5. The number of nitrogens with zero attached hydrogens (tertiary/aromatic N) is 4. The van der Waals surface area contributed by atoms with Gasteiger partial charge in [-0.25, -0.2) is 9.37 Å². The van der Waals surface area contributed by atoms with Gasteiger partial charge in [-0.2, -0.15) is 0 Å². The second-order valence-corrected chi connectivity index (χ2v) is 7.69. The molecule has 0 saturated carbocycles. The molecule has 1 aliphatic heterocycles. The van der Waals surface area contributed by atoms with Crippen molar-refractivity contribution in [2.75, 3.05) is 18.4 Å². The fourth-order valence-electron chi connectivity index (χ4n) is 3.78. The standard InChI is InChI=1S/C23H24FN5O/c1-15-9-20(28-19-7-3-6-18(24)10-19)11-21(27-15)17-5-4-8-29(14-17)23(30)22-13-25-16(2)12-26-22/h3,6-7,9-13,17H,4-5,8,14H2,1-2H3,(H,27,28)/t17-/m1/s1. The minimum absolute atomic E-state index is 0.0991. The normalized spacial score (nSPS) is 16.4. The lowest BCUT2D eigenvalue weighted by Gasteiger charge is -2.32. The third-order valence-corrected chi connectivity index (χ3v) is 5.21. The number of halogens is 1. The summed E-state index contributed by atoms with van der Waals surface area (Å²) in [4.78, 5) is 27.8. The number of amides is 1. The van der Waals surface area contributed by atoms with E-state index < -0.39 is 0 Å². The molecule has 0 radical (unpaired) electrons. The summed E-state index contributed by atoms with van der Waals surface area (Å²) in [5.74, 6) is -0.251. The molecular formula is C23H24FN5O. The van der Waals surface area contributed by atoms with Crippen LogP contribution in [0.4, 0.5) is 15.8 Å². The van der Waals surface area contributed by atoms with Gasteiger partial charge in [0.2, 0.25) is 0 Å². The van der Waals surface area contributed by atoms with E-state index in [1.807, 2.05) is 36.9 Å². The molecule has 6 nitrogen and oxygen atoms in total. The van der Waals surface area contributed by atoms with Crippen LogP contribution in [0.2, 0.25) is 0 Å². The molecule has 154 valence electrons. The molecule has 1 fully saturated rings. The Hall–Kier alpha value is -3.35. The minimum atomic E-state index is -0.286. The molecule has 4 rings (SSSR count). The Balaban J connectivity index is 1.52. The Morgan fingerprint density at radius 3 is 2.73 bits per heavy atom. The second kappa shape index (κ2) is 8.57. The molecule has 0 unspecified atom stereocenters. The van der Waals surface area contributed by atoms with Crippen LogP contribution >= 0.6 is 0 Å². The lowest BCUT2D eigenvalue weighted by Crippen LogP contribution is -2.39. The quantitative estimate of drug-likeness (QED) is 0.697. The molecule has 3 aromatic rings. The molecule has 1 aliphatic rings. The number of hydrogen-bond donors (Lipinski definition) is 1. The summed E-state index contributed by atoms with van der Waals surface area (Å²) in [5, 5.41) is 3.25. The zero-order valence-electron chi connectivity index (χ0n) is 17.1. The number of hydrogen-bond acceptors (Lipinski definition) is 5. The van der Waals surface area contributed by atoms with Crippen LogP contribution in [0.3, 0.4) is 0 Å². The summed E-state index contributed by atoms with van der Waals surface area (Å²) < 4.78 is 13.5. The minimum Gasteiger partial charge on any atom is -0.355 e. The number of rotatable bonds is 4. The predicted octanol–water partition coefficient (Wildman–Crippen LogP) is 4.39. The van der Waals surface area contributed by atoms with Gasteiger partial charge >= 0.3 is 0 Å². The highest BCUT2D eigenvalue weighted by Gasteiger charge is 2.27. The molecule has 2 aromatic heterocycles. The van der Waals surface area contributed by atoms with E-state index in [1.54, 1.807) is 12.3 Å². The molecule has 0 spiro atoms. The lowest BCUT2D eigenvalue weighted by molar-refractivity contribution is 0.0699. The lowest BCUT2D eigenvalue weighted by atomic mass is 9.93. The van der Waals surface area contributed by atoms with Crippen LogP contribution in [-0.2, 0) is 0 Å². The molecule has 1 aromatic carbocycles. The molecule has 0 bridgehead atoms. The van der Waals surface area contributed by atoms with Crippen molar-refractivity contribution in [1.29, 1.82) is 0 Å². The molecular weight excluding hydrogens is 381 g/mol. The van der Waals surface area contributed by atoms with Crippen molar-refractivity contribution in [3.05, 3.63) is 77.4 Å². The number of likely N-dealkylation sites (tertiary alicyclic amines) is 1. The van der Waals surface area contributed by atoms with Crippen LogP contribution in [0, 0.1) is 19.7 Å². The number of anilines is 2. The third-order valence-electron chi connectivity index (χ3n) is 5.21.